The van der Waals surface area contributed by atoms with E-state index >= 15 is 0 Å². The van der Waals surface area contributed by atoms with Crippen LogP contribution in [0.15, 0.2) is 102 Å². The maximum Gasteiger partial charge on any atom is -0.00943 e. The van der Waals surface area contributed by atoms with Crippen molar-refractivity contribution in [2.24, 2.45) is 0 Å². The fourth-order valence-corrected chi connectivity index (χ4v) is 2.38. The van der Waals surface area contributed by atoms with Crippen molar-refractivity contribution in [1.29, 1.82) is 0 Å². The van der Waals surface area contributed by atoms with Crippen molar-refractivity contribution in [3.05, 3.63) is 108 Å². The molecule has 2 aromatic carbocycles. The second-order valence-electron chi connectivity index (χ2n) is 5.92. The Morgan fingerprint density at radius 1 is 0.750 bits per heavy atom. The summed E-state index contributed by atoms with van der Waals surface area (Å²) < 4.78 is 0. The van der Waals surface area contributed by atoms with Gasteiger partial charge in [0.2, 0.25) is 0 Å². The summed E-state index contributed by atoms with van der Waals surface area (Å²) in [7, 11) is 0. The Balaban J connectivity index is 1.95. The van der Waals surface area contributed by atoms with E-state index in [-0.39, 0.29) is 0 Å². The summed E-state index contributed by atoms with van der Waals surface area (Å²) in [5.74, 6) is 0. The first-order valence-electron chi connectivity index (χ1n) is 8.48. The average Bonchev–Trinajstić information content (AvgIpc) is 2.64. The lowest BCUT2D eigenvalue weighted by molar-refractivity contribution is 1.27. The Hall–Kier alpha value is -2.60. The zero-order chi connectivity index (χ0) is 17.2. The maximum atomic E-state index is 2.21. The SMILES string of the molecule is CC=CC=C(C)C(C)=CC=CCc1ccc(-c2ccccc2)cc1. The molecule has 0 aliphatic rings. The fourth-order valence-electron chi connectivity index (χ4n) is 2.38. The minimum absolute atomic E-state index is 0.955. The van der Waals surface area contributed by atoms with Crippen LogP contribution in [0.5, 0.6) is 0 Å². The summed E-state index contributed by atoms with van der Waals surface area (Å²) in [6.45, 7) is 6.32. The lowest BCUT2D eigenvalue weighted by Gasteiger charge is -2.03. The lowest BCUT2D eigenvalue weighted by Crippen LogP contribution is -1.82. The van der Waals surface area contributed by atoms with Crippen molar-refractivity contribution in [1.82, 2.24) is 0 Å². The van der Waals surface area contributed by atoms with Gasteiger partial charge in [0.05, 0.1) is 0 Å². The van der Waals surface area contributed by atoms with Gasteiger partial charge in [-0.2, -0.15) is 0 Å². The molecular formula is C24H26. The zero-order valence-electron chi connectivity index (χ0n) is 14.9. The largest absolute Gasteiger partial charge is 0.0877 e. The van der Waals surface area contributed by atoms with Gasteiger partial charge >= 0.3 is 0 Å². The summed E-state index contributed by atoms with van der Waals surface area (Å²) in [5, 5.41) is 0. The van der Waals surface area contributed by atoms with Gasteiger partial charge in [0.25, 0.3) is 0 Å². The number of hydrogen-bond acceptors (Lipinski definition) is 0. The van der Waals surface area contributed by atoms with Crippen LogP contribution in [0.1, 0.15) is 26.3 Å². The van der Waals surface area contributed by atoms with E-state index in [0.29, 0.717) is 0 Å². The molecule has 0 bridgehead atoms. The van der Waals surface area contributed by atoms with Crippen LogP contribution >= 0.6 is 0 Å². The Morgan fingerprint density at radius 2 is 1.33 bits per heavy atom. The van der Waals surface area contributed by atoms with Crippen molar-refractivity contribution in [2.75, 3.05) is 0 Å². The van der Waals surface area contributed by atoms with Crippen LogP contribution in [0.25, 0.3) is 11.1 Å². The molecule has 0 heterocycles. The first-order valence-corrected chi connectivity index (χ1v) is 8.48. The van der Waals surface area contributed by atoms with Crippen molar-refractivity contribution in [3.8, 4) is 11.1 Å². The van der Waals surface area contributed by atoms with E-state index in [1.54, 1.807) is 0 Å². The van der Waals surface area contributed by atoms with E-state index in [2.05, 4.69) is 92.8 Å². The molecule has 2 aromatic rings. The first-order chi connectivity index (χ1) is 11.7. The topological polar surface area (TPSA) is 0 Å². The second-order valence-corrected chi connectivity index (χ2v) is 5.92. The van der Waals surface area contributed by atoms with Crippen LogP contribution in [-0.2, 0) is 6.42 Å². The summed E-state index contributed by atoms with van der Waals surface area (Å²) in [6, 6.07) is 19.3. The monoisotopic (exact) mass is 314 g/mol. The van der Waals surface area contributed by atoms with Crippen LogP contribution in [-0.4, -0.2) is 0 Å². The molecule has 0 aliphatic heterocycles. The molecule has 0 nitrogen and oxygen atoms in total. The average molecular weight is 314 g/mol. The Bertz CT molecular complexity index is 738. The minimum atomic E-state index is 0.955. The summed E-state index contributed by atoms with van der Waals surface area (Å²) >= 11 is 0. The molecule has 0 saturated carbocycles. The van der Waals surface area contributed by atoms with Gasteiger partial charge in [-0.15, -0.1) is 0 Å². The molecule has 0 heteroatoms. The smallest absolute Gasteiger partial charge is 0.00943 e. The molecule has 0 spiro atoms. The van der Waals surface area contributed by atoms with E-state index in [1.165, 1.54) is 27.8 Å². The predicted molar refractivity (Wildman–Crippen MR) is 107 cm³/mol. The highest BCUT2D eigenvalue weighted by atomic mass is 14.0. The maximum absolute atomic E-state index is 2.21. The van der Waals surface area contributed by atoms with Crippen LogP contribution in [0.2, 0.25) is 0 Å². The Morgan fingerprint density at radius 3 is 1.96 bits per heavy atom. The summed E-state index contributed by atoms with van der Waals surface area (Å²) in [5.41, 5.74) is 6.46. The fraction of sp³-hybridized carbons (Fsp3) is 0.167. The van der Waals surface area contributed by atoms with Crippen LogP contribution in [0.3, 0.4) is 0 Å². The molecule has 0 aromatic heterocycles. The van der Waals surface area contributed by atoms with Crippen molar-refractivity contribution < 1.29 is 0 Å². The normalized spacial score (nSPS) is 13.1. The molecule has 0 aliphatic carbocycles. The summed E-state index contributed by atoms with van der Waals surface area (Å²) in [4.78, 5) is 0. The zero-order valence-corrected chi connectivity index (χ0v) is 14.9. The van der Waals surface area contributed by atoms with Crippen LogP contribution in [0.4, 0.5) is 0 Å². The van der Waals surface area contributed by atoms with E-state index in [4.69, 9.17) is 0 Å². The molecule has 24 heavy (non-hydrogen) atoms. The Kier molecular flexibility index (Phi) is 7.04. The number of hydrogen-bond donors (Lipinski definition) is 0. The van der Waals surface area contributed by atoms with Crippen molar-refractivity contribution in [3.63, 3.8) is 0 Å². The third-order valence-corrected chi connectivity index (χ3v) is 4.06. The third kappa shape index (κ3) is 5.55. The van der Waals surface area contributed by atoms with Gasteiger partial charge < -0.3 is 0 Å². The van der Waals surface area contributed by atoms with E-state index in [1.807, 2.05) is 19.1 Å². The number of allylic oxidation sites excluding steroid dienone is 8. The second kappa shape index (κ2) is 9.52. The van der Waals surface area contributed by atoms with Gasteiger partial charge in [-0.1, -0.05) is 91.1 Å². The molecule has 0 N–H and O–H groups in total. The van der Waals surface area contributed by atoms with Gasteiger partial charge in [0.1, 0.15) is 0 Å². The molecule has 0 radical (unpaired) electrons. The van der Waals surface area contributed by atoms with E-state index in [9.17, 15) is 0 Å². The standard InChI is InChI=1S/C24H26/c1-4-5-11-20(2)21(3)12-9-10-13-22-16-18-24(19-17-22)23-14-7-6-8-15-23/h4-12,14-19H,13H2,1-3H3. The molecule has 0 saturated heterocycles. The van der Waals surface area contributed by atoms with Crippen LogP contribution < -0.4 is 0 Å². The van der Waals surface area contributed by atoms with Gasteiger partial charge in [0.15, 0.2) is 0 Å². The van der Waals surface area contributed by atoms with Gasteiger partial charge in [-0.05, 0) is 55.0 Å². The molecule has 2 rings (SSSR count). The first kappa shape index (κ1) is 17.7. The van der Waals surface area contributed by atoms with Gasteiger partial charge in [0, 0.05) is 0 Å². The molecule has 0 atom stereocenters. The molecular weight excluding hydrogens is 288 g/mol. The minimum Gasteiger partial charge on any atom is -0.0877 e. The highest BCUT2D eigenvalue weighted by Gasteiger charge is 1.96. The molecule has 0 amide bonds. The van der Waals surface area contributed by atoms with E-state index in [0.717, 1.165) is 6.42 Å². The quantitative estimate of drug-likeness (QED) is 0.507. The molecule has 0 unspecified atom stereocenters. The highest BCUT2D eigenvalue weighted by molar-refractivity contribution is 5.63. The van der Waals surface area contributed by atoms with E-state index < -0.39 is 0 Å². The third-order valence-electron chi connectivity index (χ3n) is 4.06. The Labute approximate surface area is 146 Å². The number of rotatable bonds is 6. The molecule has 122 valence electrons. The molecule has 0 fully saturated rings. The van der Waals surface area contributed by atoms with Crippen molar-refractivity contribution >= 4 is 0 Å². The highest BCUT2D eigenvalue weighted by Crippen LogP contribution is 2.19. The summed E-state index contributed by atoms with van der Waals surface area (Å²) in [6.07, 6.45) is 13.7. The predicted octanol–water partition coefficient (Wildman–Crippen LogP) is 6.92. The number of benzene rings is 2. The van der Waals surface area contributed by atoms with Crippen molar-refractivity contribution in [2.45, 2.75) is 27.2 Å². The lowest BCUT2D eigenvalue weighted by atomic mass is 10.0. The van der Waals surface area contributed by atoms with Gasteiger partial charge in [-0.3, -0.25) is 0 Å². The van der Waals surface area contributed by atoms with Crippen LogP contribution in [0, 0.1) is 0 Å². The van der Waals surface area contributed by atoms with Gasteiger partial charge in [-0.25, -0.2) is 0 Å².